The molecular formula is C7H6Br2. The van der Waals surface area contributed by atoms with Crippen LogP contribution in [0.1, 0.15) is 0 Å². The van der Waals surface area contributed by atoms with Crippen molar-refractivity contribution < 1.29 is 0 Å². The first-order chi connectivity index (χ1) is 4.29. The Morgan fingerprint density at radius 3 is 2.22 bits per heavy atom. The Kier molecular flexibility index (Phi) is 2.73. The predicted molar refractivity (Wildman–Crippen MR) is 47.7 cm³/mol. The second kappa shape index (κ2) is 3.37. The Morgan fingerprint density at radius 1 is 1.22 bits per heavy atom. The first-order valence-corrected chi connectivity index (χ1v) is 4.25. The third-order valence-electron chi connectivity index (χ3n) is 1.10. The average molecular weight is 250 g/mol. The van der Waals surface area contributed by atoms with Crippen molar-refractivity contribution >= 4 is 31.9 Å². The van der Waals surface area contributed by atoms with E-state index in [4.69, 9.17) is 0 Å². The van der Waals surface area contributed by atoms with Gasteiger partial charge in [-0.25, -0.2) is 0 Å². The van der Waals surface area contributed by atoms with Crippen LogP contribution >= 0.6 is 31.9 Å². The van der Waals surface area contributed by atoms with E-state index in [1.54, 1.807) is 0 Å². The maximum absolute atomic E-state index is 3.29. The van der Waals surface area contributed by atoms with E-state index >= 15 is 0 Å². The lowest BCUT2D eigenvalue weighted by Crippen LogP contribution is -1.79. The van der Waals surface area contributed by atoms with Gasteiger partial charge < -0.3 is 0 Å². The lowest BCUT2D eigenvalue weighted by atomic mass is 10.2. The van der Waals surface area contributed by atoms with Gasteiger partial charge in [-0.3, -0.25) is 0 Å². The lowest BCUT2D eigenvalue weighted by Gasteiger charge is -1.93. The van der Waals surface area contributed by atoms with E-state index in [1.807, 2.05) is 12.2 Å². The van der Waals surface area contributed by atoms with Crippen LogP contribution in [0.15, 0.2) is 33.8 Å². The molecule has 1 aliphatic carbocycles. The van der Waals surface area contributed by atoms with Gasteiger partial charge in [0.2, 0.25) is 0 Å². The first kappa shape index (κ1) is 7.29. The van der Waals surface area contributed by atoms with E-state index in [9.17, 15) is 0 Å². The van der Waals surface area contributed by atoms with Gasteiger partial charge in [0.05, 0.1) is 3.39 Å². The smallest absolute Gasteiger partial charge is 0.0573 e. The summed E-state index contributed by atoms with van der Waals surface area (Å²) >= 11 is 6.59. The van der Waals surface area contributed by atoms with Gasteiger partial charge >= 0.3 is 0 Å². The number of halogens is 2. The standard InChI is InChI=1S/C7H6Br2/c8-7(9)5-6-3-1-2-4-6/h1-6H. The fraction of sp³-hybridized carbons (Fsp3) is 0.143. The quantitative estimate of drug-likeness (QED) is 0.669. The highest BCUT2D eigenvalue weighted by molar-refractivity contribution is 9.28. The van der Waals surface area contributed by atoms with Crippen LogP contribution in [0.4, 0.5) is 0 Å². The molecule has 48 valence electrons. The molecule has 0 aliphatic heterocycles. The molecule has 0 saturated heterocycles. The van der Waals surface area contributed by atoms with Crippen LogP contribution in [0.2, 0.25) is 0 Å². The summed E-state index contributed by atoms with van der Waals surface area (Å²) in [4.78, 5) is 0. The SMILES string of the molecule is BrC(Br)=CC1C=CC=C1. The molecule has 0 N–H and O–H groups in total. The zero-order valence-electron chi connectivity index (χ0n) is 4.72. The molecule has 0 unspecified atom stereocenters. The number of allylic oxidation sites excluding steroid dienone is 5. The van der Waals surface area contributed by atoms with Gasteiger partial charge in [0.25, 0.3) is 0 Å². The van der Waals surface area contributed by atoms with Crippen molar-refractivity contribution in [3.8, 4) is 0 Å². The van der Waals surface area contributed by atoms with Crippen LogP contribution in [0.25, 0.3) is 0 Å². The maximum atomic E-state index is 3.29. The fourth-order valence-electron chi connectivity index (χ4n) is 0.706. The highest BCUT2D eigenvalue weighted by atomic mass is 79.9. The fourth-order valence-corrected chi connectivity index (χ4v) is 1.32. The third kappa shape index (κ3) is 2.50. The minimum Gasteiger partial charge on any atom is -0.0738 e. The normalized spacial score (nSPS) is 16.7. The van der Waals surface area contributed by atoms with Crippen LogP contribution in [0.3, 0.4) is 0 Å². The summed E-state index contributed by atoms with van der Waals surface area (Å²) in [5, 5.41) is 0. The molecule has 1 aliphatic rings. The molecule has 0 amide bonds. The second-order valence-corrected chi connectivity index (χ2v) is 4.58. The average Bonchev–Trinajstić information content (AvgIpc) is 2.15. The van der Waals surface area contributed by atoms with Crippen molar-refractivity contribution in [2.24, 2.45) is 5.92 Å². The van der Waals surface area contributed by atoms with Gasteiger partial charge in [-0.2, -0.15) is 0 Å². The van der Waals surface area contributed by atoms with Gasteiger partial charge in [-0.05, 0) is 31.9 Å². The Bertz CT molecular complexity index is 161. The molecule has 0 atom stereocenters. The highest BCUT2D eigenvalue weighted by Crippen LogP contribution is 2.19. The van der Waals surface area contributed by atoms with Crippen LogP contribution in [0.5, 0.6) is 0 Å². The summed E-state index contributed by atoms with van der Waals surface area (Å²) in [6.45, 7) is 0. The van der Waals surface area contributed by atoms with Crippen molar-refractivity contribution in [1.82, 2.24) is 0 Å². The van der Waals surface area contributed by atoms with E-state index in [2.05, 4.69) is 50.1 Å². The largest absolute Gasteiger partial charge is 0.0738 e. The molecule has 0 aromatic heterocycles. The number of hydrogen-bond donors (Lipinski definition) is 0. The monoisotopic (exact) mass is 248 g/mol. The molecule has 0 fully saturated rings. The molecule has 0 saturated carbocycles. The second-order valence-electron chi connectivity index (χ2n) is 1.80. The van der Waals surface area contributed by atoms with Crippen LogP contribution in [0, 0.1) is 5.92 Å². The Balaban J connectivity index is 2.56. The topological polar surface area (TPSA) is 0 Å². The number of hydrogen-bond acceptors (Lipinski definition) is 0. The minimum atomic E-state index is 0.471. The Labute approximate surface area is 71.6 Å². The predicted octanol–water partition coefficient (Wildman–Crippen LogP) is 3.36. The molecule has 9 heavy (non-hydrogen) atoms. The molecule has 1 rings (SSSR count). The van der Waals surface area contributed by atoms with Crippen LogP contribution in [-0.4, -0.2) is 0 Å². The molecule has 0 spiro atoms. The molecule has 0 aromatic rings. The summed E-state index contributed by atoms with van der Waals surface area (Å²) in [6.07, 6.45) is 10.4. The van der Waals surface area contributed by atoms with Crippen molar-refractivity contribution in [2.75, 3.05) is 0 Å². The molecule has 0 bridgehead atoms. The summed E-state index contributed by atoms with van der Waals surface area (Å²) in [5.41, 5.74) is 0. The van der Waals surface area contributed by atoms with Crippen molar-refractivity contribution in [1.29, 1.82) is 0 Å². The van der Waals surface area contributed by atoms with E-state index < -0.39 is 0 Å². The van der Waals surface area contributed by atoms with Gasteiger partial charge in [0, 0.05) is 5.92 Å². The molecule has 0 radical (unpaired) electrons. The summed E-state index contributed by atoms with van der Waals surface area (Å²) in [5.74, 6) is 0.471. The maximum Gasteiger partial charge on any atom is 0.0573 e. The van der Waals surface area contributed by atoms with Crippen molar-refractivity contribution in [3.63, 3.8) is 0 Å². The first-order valence-electron chi connectivity index (χ1n) is 2.67. The molecule has 0 heterocycles. The van der Waals surface area contributed by atoms with Gasteiger partial charge in [-0.1, -0.05) is 30.4 Å². The Morgan fingerprint density at radius 2 is 1.78 bits per heavy atom. The highest BCUT2D eigenvalue weighted by Gasteiger charge is 1.98. The van der Waals surface area contributed by atoms with Crippen molar-refractivity contribution in [3.05, 3.63) is 33.8 Å². The van der Waals surface area contributed by atoms with E-state index in [-0.39, 0.29) is 0 Å². The zero-order valence-corrected chi connectivity index (χ0v) is 7.89. The summed E-state index contributed by atoms with van der Waals surface area (Å²) < 4.78 is 1.01. The van der Waals surface area contributed by atoms with E-state index in [1.165, 1.54) is 0 Å². The molecule has 0 nitrogen and oxygen atoms in total. The zero-order chi connectivity index (χ0) is 6.69. The van der Waals surface area contributed by atoms with Crippen LogP contribution < -0.4 is 0 Å². The van der Waals surface area contributed by atoms with Crippen molar-refractivity contribution in [2.45, 2.75) is 0 Å². The third-order valence-corrected chi connectivity index (χ3v) is 1.62. The lowest BCUT2D eigenvalue weighted by molar-refractivity contribution is 1.10. The Hall–Kier alpha value is 0.180. The molecule has 0 aromatic carbocycles. The van der Waals surface area contributed by atoms with Gasteiger partial charge in [-0.15, -0.1) is 0 Å². The molecule has 2 heteroatoms. The van der Waals surface area contributed by atoms with E-state index in [0.29, 0.717) is 5.92 Å². The van der Waals surface area contributed by atoms with Gasteiger partial charge in [0.1, 0.15) is 0 Å². The summed E-state index contributed by atoms with van der Waals surface area (Å²) in [6, 6.07) is 0. The molecular weight excluding hydrogens is 244 g/mol. The summed E-state index contributed by atoms with van der Waals surface area (Å²) in [7, 11) is 0. The van der Waals surface area contributed by atoms with E-state index in [0.717, 1.165) is 3.39 Å². The minimum absolute atomic E-state index is 0.471. The number of rotatable bonds is 1. The van der Waals surface area contributed by atoms with Crippen LogP contribution in [-0.2, 0) is 0 Å². The van der Waals surface area contributed by atoms with Gasteiger partial charge in [0.15, 0.2) is 0 Å².